The Labute approximate surface area is 157 Å². The molecule has 2 aliphatic rings. The average Bonchev–Trinajstić information content (AvgIpc) is 3.23. The fourth-order valence-electron chi connectivity index (χ4n) is 2.97. The summed E-state index contributed by atoms with van der Waals surface area (Å²) < 4.78 is 0. The van der Waals surface area contributed by atoms with Crippen molar-refractivity contribution in [2.45, 2.75) is 44.9 Å². The van der Waals surface area contributed by atoms with Crippen LogP contribution < -0.4 is 11.1 Å². The summed E-state index contributed by atoms with van der Waals surface area (Å²) in [4.78, 5) is 14.1. The minimum atomic E-state index is -0.00105. The maximum Gasteiger partial charge on any atom is 0.236 e. The minimum Gasteiger partial charge on any atom is -0.331 e. The van der Waals surface area contributed by atoms with Crippen molar-refractivity contribution in [3.63, 3.8) is 0 Å². The summed E-state index contributed by atoms with van der Waals surface area (Å²) in [5, 5.41) is 11.2. The van der Waals surface area contributed by atoms with Gasteiger partial charge in [-0.15, -0.1) is 0 Å². The van der Waals surface area contributed by atoms with Gasteiger partial charge < -0.3 is 21.4 Å². The first-order valence-corrected chi connectivity index (χ1v) is 10.4. The van der Waals surface area contributed by atoms with Crippen molar-refractivity contribution in [2.24, 2.45) is 11.7 Å². The van der Waals surface area contributed by atoms with Crippen LogP contribution in [0, 0.1) is 11.3 Å². The van der Waals surface area contributed by atoms with E-state index in [1.54, 1.807) is 16.7 Å². The zero-order valence-electron chi connectivity index (χ0n) is 16.0. The number of carbonyl (C=O) groups is 1. The lowest BCUT2D eigenvalue weighted by Crippen LogP contribution is -2.38. The zero-order chi connectivity index (χ0) is 18.8. The van der Waals surface area contributed by atoms with Crippen LogP contribution in [-0.2, 0) is 4.79 Å². The van der Waals surface area contributed by atoms with Gasteiger partial charge >= 0.3 is 0 Å². The lowest BCUT2D eigenvalue weighted by Gasteiger charge is -2.23. The predicted octanol–water partition coefficient (Wildman–Crippen LogP) is 2.44. The minimum absolute atomic E-state index is 0.00105. The van der Waals surface area contributed by atoms with E-state index < -0.39 is 0 Å². The number of thioether (sulfide) groups is 1. The van der Waals surface area contributed by atoms with E-state index in [-0.39, 0.29) is 11.2 Å². The van der Waals surface area contributed by atoms with Crippen molar-refractivity contribution in [3.8, 4) is 0 Å². The van der Waals surface area contributed by atoms with Crippen LogP contribution in [0.2, 0.25) is 0 Å². The molecule has 2 aliphatic heterocycles. The first-order chi connectivity index (χ1) is 11.9. The van der Waals surface area contributed by atoms with Crippen molar-refractivity contribution in [1.82, 2.24) is 10.2 Å². The summed E-state index contributed by atoms with van der Waals surface area (Å²) in [6.45, 7) is 9.08. The molecule has 142 valence electrons. The highest BCUT2D eigenvalue weighted by Crippen LogP contribution is 2.22. The van der Waals surface area contributed by atoms with Gasteiger partial charge in [0.1, 0.15) is 0 Å². The zero-order valence-corrected chi connectivity index (χ0v) is 16.9. The molecular formula is C19H34N4OS. The van der Waals surface area contributed by atoms with Gasteiger partial charge in [0.2, 0.25) is 5.91 Å². The van der Waals surface area contributed by atoms with Crippen molar-refractivity contribution in [1.29, 1.82) is 5.41 Å². The summed E-state index contributed by atoms with van der Waals surface area (Å²) in [5.41, 5.74) is 6.88. The third-order valence-corrected chi connectivity index (χ3v) is 5.70. The number of hydrogen-bond acceptors (Lipinski definition) is 5. The highest BCUT2D eigenvalue weighted by Gasteiger charge is 2.31. The van der Waals surface area contributed by atoms with Crippen molar-refractivity contribution in [3.05, 3.63) is 23.8 Å². The first kappa shape index (κ1) is 21.9. The number of hydrogen-bond donors (Lipinski definition) is 3. The SMILES string of the molecule is C/C=C/C=C1/CN(C(=O)C(SC)C(C)C)CC1=N.NCC1CCCN1. The molecule has 2 atom stereocenters. The number of rotatable bonds is 5. The van der Waals surface area contributed by atoms with Gasteiger partial charge in [0.05, 0.1) is 17.5 Å². The number of carbonyl (C=O) groups excluding carboxylic acids is 1. The Morgan fingerprint density at radius 2 is 2.20 bits per heavy atom. The topological polar surface area (TPSA) is 82.2 Å². The summed E-state index contributed by atoms with van der Waals surface area (Å²) >= 11 is 1.60. The molecule has 4 N–H and O–H groups in total. The normalized spacial score (nSPS) is 23.4. The van der Waals surface area contributed by atoms with E-state index in [0.29, 0.717) is 30.8 Å². The molecule has 0 aromatic heterocycles. The highest BCUT2D eigenvalue weighted by molar-refractivity contribution is 7.99. The fraction of sp³-hybridized carbons (Fsp3) is 0.684. The molecule has 0 spiro atoms. The second kappa shape index (κ2) is 11.5. The Morgan fingerprint density at radius 1 is 1.48 bits per heavy atom. The molecule has 25 heavy (non-hydrogen) atoms. The van der Waals surface area contributed by atoms with Crippen molar-refractivity contribution < 1.29 is 4.79 Å². The van der Waals surface area contributed by atoms with E-state index in [1.807, 2.05) is 31.4 Å². The molecule has 2 unspecified atom stereocenters. The van der Waals surface area contributed by atoms with Gasteiger partial charge in [0, 0.05) is 19.1 Å². The van der Waals surface area contributed by atoms with Crippen LogP contribution in [0.25, 0.3) is 0 Å². The summed E-state index contributed by atoms with van der Waals surface area (Å²) in [7, 11) is 0. The monoisotopic (exact) mass is 366 g/mol. The van der Waals surface area contributed by atoms with Gasteiger partial charge in [-0.05, 0) is 44.1 Å². The quantitative estimate of drug-likeness (QED) is 0.698. The smallest absolute Gasteiger partial charge is 0.236 e. The number of nitrogens with two attached hydrogens (primary N) is 1. The Kier molecular flexibility index (Phi) is 10.1. The van der Waals surface area contributed by atoms with E-state index in [1.165, 1.54) is 19.4 Å². The van der Waals surface area contributed by atoms with Crippen LogP contribution in [-0.4, -0.2) is 60.2 Å². The average molecular weight is 367 g/mol. The van der Waals surface area contributed by atoms with Crippen LogP contribution in [0.15, 0.2) is 23.8 Å². The van der Waals surface area contributed by atoms with Crippen LogP contribution >= 0.6 is 11.8 Å². The van der Waals surface area contributed by atoms with Gasteiger partial charge in [-0.2, -0.15) is 11.8 Å². The second-order valence-corrected chi connectivity index (χ2v) is 7.80. The molecule has 2 fully saturated rings. The predicted molar refractivity (Wildman–Crippen MR) is 109 cm³/mol. The molecule has 2 rings (SSSR count). The Balaban J connectivity index is 0.000000370. The number of nitrogens with one attached hydrogen (secondary N) is 2. The van der Waals surface area contributed by atoms with Gasteiger partial charge in [-0.25, -0.2) is 0 Å². The molecule has 0 radical (unpaired) electrons. The summed E-state index contributed by atoms with van der Waals surface area (Å²) in [6.07, 6.45) is 10.3. The maximum atomic E-state index is 12.3. The molecule has 2 saturated heterocycles. The summed E-state index contributed by atoms with van der Waals surface area (Å²) in [5.74, 6) is 0.483. The first-order valence-electron chi connectivity index (χ1n) is 9.09. The molecule has 0 aromatic carbocycles. The molecule has 2 heterocycles. The standard InChI is InChI=1S/C14H22N2OS.C5H12N2/c1-5-6-7-11-8-16(9-12(11)15)14(17)13(18-4)10(2)3;6-4-5-2-1-3-7-5/h5-7,10,13,15H,8-9H2,1-4H3;5,7H,1-4,6H2/b6-5+,11-7-,15-12?;. The van der Waals surface area contributed by atoms with Gasteiger partial charge in [0.15, 0.2) is 0 Å². The fourth-order valence-corrected chi connectivity index (χ4v) is 3.86. The molecular weight excluding hydrogens is 332 g/mol. The van der Waals surface area contributed by atoms with Gasteiger partial charge in [-0.1, -0.05) is 32.1 Å². The number of nitrogens with zero attached hydrogens (tertiary/aromatic N) is 1. The maximum absolute atomic E-state index is 12.3. The van der Waals surface area contributed by atoms with E-state index in [0.717, 1.165) is 12.1 Å². The molecule has 1 amide bonds. The Bertz CT molecular complexity index is 496. The van der Waals surface area contributed by atoms with E-state index >= 15 is 0 Å². The summed E-state index contributed by atoms with van der Waals surface area (Å²) in [6, 6.07) is 0.625. The van der Waals surface area contributed by atoms with E-state index in [4.69, 9.17) is 11.1 Å². The van der Waals surface area contributed by atoms with Crippen molar-refractivity contribution in [2.75, 3.05) is 32.4 Å². The Morgan fingerprint density at radius 3 is 2.64 bits per heavy atom. The molecule has 6 heteroatoms. The van der Waals surface area contributed by atoms with Crippen molar-refractivity contribution >= 4 is 23.4 Å². The molecule has 0 aliphatic carbocycles. The lowest BCUT2D eigenvalue weighted by molar-refractivity contribution is -0.129. The molecule has 0 bridgehead atoms. The van der Waals surface area contributed by atoms with Crippen LogP contribution in [0.5, 0.6) is 0 Å². The van der Waals surface area contributed by atoms with E-state index in [9.17, 15) is 4.79 Å². The van der Waals surface area contributed by atoms with E-state index in [2.05, 4.69) is 19.2 Å². The van der Waals surface area contributed by atoms with Crippen LogP contribution in [0.3, 0.4) is 0 Å². The van der Waals surface area contributed by atoms with Gasteiger partial charge in [0.25, 0.3) is 0 Å². The molecule has 0 aromatic rings. The van der Waals surface area contributed by atoms with Crippen LogP contribution in [0.4, 0.5) is 0 Å². The number of likely N-dealkylation sites (tertiary alicyclic amines) is 1. The largest absolute Gasteiger partial charge is 0.331 e. The highest BCUT2D eigenvalue weighted by atomic mass is 32.2. The van der Waals surface area contributed by atoms with Crippen LogP contribution in [0.1, 0.15) is 33.6 Å². The van der Waals surface area contributed by atoms with Gasteiger partial charge in [-0.3, -0.25) is 4.79 Å². The third-order valence-electron chi connectivity index (χ3n) is 4.45. The molecule has 0 saturated carbocycles. The Hall–Kier alpha value is -1.11. The third kappa shape index (κ3) is 6.96. The second-order valence-electron chi connectivity index (χ2n) is 6.82. The lowest BCUT2D eigenvalue weighted by atomic mass is 10.1. The number of amides is 1. The molecule has 5 nitrogen and oxygen atoms in total. The number of allylic oxidation sites excluding steroid dienone is 3.